The maximum atomic E-state index is 6.32. The van der Waals surface area contributed by atoms with Gasteiger partial charge in [0.05, 0.1) is 7.11 Å². The molecule has 1 aromatic carbocycles. The Morgan fingerprint density at radius 3 is 2.71 bits per heavy atom. The normalized spacial score (nSPS) is 25.9. The summed E-state index contributed by atoms with van der Waals surface area (Å²) in [6.07, 6.45) is 3.96. The SMILES string of the molecule is COc1ccc(C(Br)C2CCCC2C)c(Cl)c1. The van der Waals surface area contributed by atoms with E-state index in [2.05, 4.69) is 28.9 Å². The van der Waals surface area contributed by atoms with Crippen LogP contribution in [-0.4, -0.2) is 7.11 Å². The fourth-order valence-electron chi connectivity index (χ4n) is 2.70. The minimum Gasteiger partial charge on any atom is -0.497 e. The first-order valence-electron chi connectivity index (χ1n) is 6.11. The van der Waals surface area contributed by atoms with Gasteiger partial charge >= 0.3 is 0 Å². The number of hydrogen-bond acceptors (Lipinski definition) is 1. The van der Waals surface area contributed by atoms with E-state index in [-0.39, 0.29) is 0 Å². The van der Waals surface area contributed by atoms with E-state index in [9.17, 15) is 0 Å². The number of alkyl halides is 1. The zero-order valence-corrected chi connectivity index (χ0v) is 12.6. The van der Waals surface area contributed by atoms with Crippen molar-refractivity contribution in [1.82, 2.24) is 0 Å². The maximum Gasteiger partial charge on any atom is 0.120 e. The Hall–Kier alpha value is -0.210. The minimum atomic E-state index is 0.360. The fourth-order valence-corrected chi connectivity index (χ4v) is 4.30. The summed E-state index contributed by atoms with van der Waals surface area (Å²) >= 11 is 10.1. The largest absolute Gasteiger partial charge is 0.497 e. The molecule has 0 N–H and O–H groups in total. The van der Waals surface area contributed by atoms with Gasteiger partial charge < -0.3 is 4.74 Å². The lowest BCUT2D eigenvalue weighted by Crippen LogP contribution is -2.11. The van der Waals surface area contributed by atoms with Crippen molar-refractivity contribution in [2.75, 3.05) is 7.11 Å². The molecule has 0 amide bonds. The first kappa shape index (κ1) is 13.2. The number of halogens is 2. The predicted octanol–water partition coefficient (Wildman–Crippen LogP) is 5.22. The van der Waals surface area contributed by atoms with Gasteiger partial charge in [-0.15, -0.1) is 0 Å². The summed E-state index contributed by atoms with van der Waals surface area (Å²) in [6.45, 7) is 2.34. The molecule has 0 aliphatic heterocycles. The van der Waals surface area contributed by atoms with E-state index >= 15 is 0 Å². The Bertz CT molecular complexity index is 394. The average molecular weight is 318 g/mol. The van der Waals surface area contributed by atoms with Crippen LogP contribution in [0.5, 0.6) is 5.75 Å². The Morgan fingerprint density at radius 1 is 1.41 bits per heavy atom. The topological polar surface area (TPSA) is 9.23 Å². The molecule has 0 bridgehead atoms. The second-order valence-corrected chi connectivity index (χ2v) is 6.25. The fraction of sp³-hybridized carbons (Fsp3) is 0.571. The van der Waals surface area contributed by atoms with Gasteiger partial charge in [0.15, 0.2) is 0 Å². The molecule has 0 saturated heterocycles. The summed E-state index contributed by atoms with van der Waals surface area (Å²) in [7, 11) is 1.66. The van der Waals surface area contributed by atoms with Gasteiger partial charge in [0, 0.05) is 9.85 Å². The van der Waals surface area contributed by atoms with Crippen molar-refractivity contribution in [1.29, 1.82) is 0 Å². The third-order valence-corrected chi connectivity index (χ3v) is 5.31. The van der Waals surface area contributed by atoms with Crippen molar-refractivity contribution in [3.63, 3.8) is 0 Å². The van der Waals surface area contributed by atoms with Crippen LogP contribution >= 0.6 is 27.5 Å². The van der Waals surface area contributed by atoms with Crippen molar-refractivity contribution in [3.05, 3.63) is 28.8 Å². The molecule has 1 aromatic rings. The highest BCUT2D eigenvalue weighted by atomic mass is 79.9. The summed E-state index contributed by atoms with van der Waals surface area (Å²) in [6, 6.07) is 5.95. The average Bonchev–Trinajstić information content (AvgIpc) is 2.74. The Morgan fingerprint density at radius 2 is 2.18 bits per heavy atom. The van der Waals surface area contributed by atoms with Gasteiger partial charge in [0.25, 0.3) is 0 Å². The van der Waals surface area contributed by atoms with Gasteiger partial charge in [0.1, 0.15) is 5.75 Å². The second kappa shape index (κ2) is 5.62. The van der Waals surface area contributed by atoms with Gasteiger partial charge in [-0.05, 0) is 36.0 Å². The lowest BCUT2D eigenvalue weighted by Gasteiger charge is -2.23. The highest BCUT2D eigenvalue weighted by Crippen LogP contribution is 2.46. The van der Waals surface area contributed by atoms with Crippen LogP contribution in [0.25, 0.3) is 0 Å². The number of ether oxygens (including phenoxy) is 1. The second-order valence-electron chi connectivity index (χ2n) is 4.86. The maximum absolute atomic E-state index is 6.32. The molecule has 1 nitrogen and oxygen atoms in total. The van der Waals surface area contributed by atoms with E-state index in [0.717, 1.165) is 16.7 Å². The molecule has 1 saturated carbocycles. The first-order valence-corrected chi connectivity index (χ1v) is 7.40. The molecule has 0 spiro atoms. The quantitative estimate of drug-likeness (QED) is 0.694. The molecule has 1 aliphatic carbocycles. The molecule has 94 valence electrons. The molecule has 0 heterocycles. The van der Waals surface area contributed by atoms with Crippen LogP contribution in [0.15, 0.2) is 18.2 Å². The van der Waals surface area contributed by atoms with Crippen molar-refractivity contribution in [2.24, 2.45) is 11.8 Å². The molecule has 3 atom stereocenters. The van der Waals surface area contributed by atoms with Crippen molar-refractivity contribution in [2.45, 2.75) is 31.0 Å². The molecule has 1 fully saturated rings. The number of rotatable bonds is 3. The molecule has 1 aliphatic rings. The van der Waals surface area contributed by atoms with Crippen LogP contribution in [0.4, 0.5) is 0 Å². The molecule has 0 radical (unpaired) electrons. The lowest BCUT2D eigenvalue weighted by molar-refractivity contribution is 0.409. The van der Waals surface area contributed by atoms with E-state index in [0.29, 0.717) is 10.7 Å². The molecule has 17 heavy (non-hydrogen) atoms. The number of methoxy groups -OCH3 is 1. The Balaban J connectivity index is 2.21. The van der Waals surface area contributed by atoms with Gasteiger partial charge in [-0.3, -0.25) is 0 Å². The highest BCUT2D eigenvalue weighted by Gasteiger charge is 2.31. The Labute approximate surface area is 117 Å². The summed E-state index contributed by atoms with van der Waals surface area (Å²) < 4.78 is 5.18. The van der Waals surface area contributed by atoms with Crippen LogP contribution in [0, 0.1) is 11.8 Å². The number of hydrogen-bond donors (Lipinski definition) is 0. The molecule has 3 heteroatoms. The van der Waals surface area contributed by atoms with Crippen molar-refractivity contribution in [3.8, 4) is 5.75 Å². The third kappa shape index (κ3) is 2.79. The van der Waals surface area contributed by atoms with E-state index < -0.39 is 0 Å². The molecular formula is C14H18BrClO. The molecule has 3 unspecified atom stereocenters. The van der Waals surface area contributed by atoms with Gasteiger partial charge in [-0.1, -0.05) is 53.4 Å². The van der Waals surface area contributed by atoms with E-state index in [4.69, 9.17) is 16.3 Å². The zero-order chi connectivity index (χ0) is 12.4. The summed E-state index contributed by atoms with van der Waals surface area (Å²) in [5.74, 6) is 2.29. The van der Waals surface area contributed by atoms with Crippen LogP contribution < -0.4 is 4.74 Å². The number of benzene rings is 1. The molecule has 2 rings (SSSR count). The van der Waals surface area contributed by atoms with Crippen molar-refractivity contribution >= 4 is 27.5 Å². The third-order valence-electron chi connectivity index (χ3n) is 3.81. The van der Waals surface area contributed by atoms with Crippen LogP contribution in [0.2, 0.25) is 5.02 Å². The minimum absolute atomic E-state index is 0.360. The Kier molecular flexibility index (Phi) is 4.37. The van der Waals surface area contributed by atoms with Gasteiger partial charge in [-0.2, -0.15) is 0 Å². The summed E-state index contributed by atoms with van der Waals surface area (Å²) in [5, 5.41) is 0.797. The standard InChI is InChI=1S/C14H18BrClO/c1-9-4-3-5-11(9)14(15)12-7-6-10(17-2)8-13(12)16/h6-9,11,14H,3-5H2,1-2H3. The molecule has 0 aromatic heterocycles. The smallest absolute Gasteiger partial charge is 0.120 e. The summed E-state index contributed by atoms with van der Waals surface area (Å²) in [5.41, 5.74) is 1.19. The monoisotopic (exact) mass is 316 g/mol. The van der Waals surface area contributed by atoms with Crippen LogP contribution in [0.3, 0.4) is 0 Å². The van der Waals surface area contributed by atoms with E-state index in [1.807, 2.05) is 12.1 Å². The van der Waals surface area contributed by atoms with Crippen LogP contribution in [-0.2, 0) is 0 Å². The van der Waals surface area contributed by atoms with Gasteiger partial charge in [-0.25, -0.2) is 0 Å². The van der Waals surface area contributed by atoms with Crippen LogP contribution in [0.1, 0.15) is 36.6 Å². The van der Waals surface area contributed by atoms with E-state index in [1.54, 1.807) is 7.11 Å². The summed E-state index contributed by atoms with van der Waals surface area (Å²) in [4.78, 5) is 0.360. The zero-order valence-electron chi connectivity index (χ0n) is 10.2. The highest BCUT2D eigenvalue weighted by molar-refractivity contribution is 9.09. The van der Waals surface area contributed by atoms with E-state index in [1.165, 1.54) is 24.8 Å². The lowest BCUT2D eigenvalue weighted by atomic mass is 9.91. The van der Waals surface area contributed by atoms with Gasteiger partial charge in [0.2, 0.25) is 0 Å². The first-order chi connectivity index (χ1) is 8.13. The predicted molar refractivity (Wildman–Crippen MR) is 76.2 cm³/mol. The van der Waals surface area contributed by atoms with Crippen molar-refractivity contribution < 1.29 is 4.74 Å². The molecular weight excluding hydrogens is 300 g/mol.